The molecule has 0 saturated heterocycles. The van der Waals surface area contributed by atoms with Crippen LogP contribution in [0.25, 0.3) is 11.1 Å². The predicted octanol–water partition coefficient (Wildman–Crippen LogP) is 4.15. The zero-order chi connectivity index (χ0) is 19.8. The number of amides is 1. The first-order valence-electron chi connectivity index (χ1n) is 9.39. The number of likely N-dealkylation sites (N-methyl/N-ethyl adjacent to an activating group) is 1. The Morgan fingerprint density at radius 2 is 1.43 bits per heavy atom. The number of rotatable bonds is 8. The molecule has 144 valence electrons. The highest BCUT2D eigenvalue weighted by atomic mass is 16.5. The van der Waals surface area contributed by atoms with Gasteiger partial charge in [-0.05, 0) is 42.9 Å². The Hall–Kier alpha value is -3.11. The maximum absolute atomic E-state index is 12.4. The number of benzene rings is 3. The maximum atomic E-state index is 12.4. The lowest BCUT2D eigenvalue weighted by Crippen LogP contribution is -2.37. The summed E-state index contributed by atoms with van der Waals surface area (Å²) in [7, 11) is 3.99. The van der Waals surface area contributed by atoms with Gasteiger partial charge >= 0.3 is 0 Å². The molecule has 0 unspecified atom stereocenters. The van der Waals surface area contributed by atoms with Gasteiger partial charge in [-0.2, -0.15) is 0 Å². The van der Waals surface area contributed by atoms with Crippen LogP contribution in [0.3, 0.4) is 0 Å². The highest BCUT2D eigenvalue weighted by Gasteiger charge is 2.15. The fourth-order valence-corrected chi connectivity index (χ4v) is 3.04. The Kier molecular flexibility index (Phi) is 6.82. The maximum Gasteiger partial charge on any atom is 0.258 e. The average molecular weight is 374 g/mol. The number of nitrogens with zero attached hydrogens (tertiary/aromatic N) is 1. The second kappa shape index (κ2) is 9.72. The molecule has 4 heteroatoms. The van der Waals surface area contributed by atoms with Crippen LogP contribution in [0.1, 0.15) is 11.6 Å². The Morgan fingerprint density at radius 3 is 2.04 bits per heavy atom. The van der Waals surface area contributed by atoms with Crippen LogP contribution in [-0.2, 0) is 4.79 Å². The van der Waals surface area contributed by atoms with E-state index in [0.717, 1.165) is 23.2 Å². The molecule has 0 fully saturated rings. The van der Waals surface area contributed by atoms with E-state index in [1.807, 2.05) is 86.9 Å². The number of carbonyl (C=O) groups excluding carboxylic acids is 1. The molecule has 0 saturated carbocycles. The van der Waals surface area contributed by atoms with Gasteiger partial charge < -0.3 is 15.0 Å². The molecule has 0 spiro atoms. The van der Waals surface area contributed by atoms with Crippen LogP contribution in [0.2, 0.25) is 0 Å². The van der Waals surface area contributed by atoms with Crippen LogP contribution in [0.15, 0.2) is 84.9 Å². The van der Waals surface area contributed by atoms with Crippen LogP contribution < -0.4 is 10.1 Å². The van der Waals surface area contributed by atoms with Crippen LogP contribution >= 0.6 is 0 Å². The minimum atomic E-state index is -0.136. The summed E-state index contributed by atoms with van der Waals surface area (Å²) >= 11 is 0. The Balaban J connectivity index is 1.57. The van der Waals surface area contributed by atoms with Gasteiger partial charge in [0.05, 0.1) is 6.04 Å². The van der Waals surface area contributed by atoms with Gasteiger partial charge in [-0.25, -0.2) is 0 Å². The first kappa shape index (κ1) is 19.6. The van der Waals surface area contributed by atoms with E-state index in [4.69, 9.17) is 4.74 Å². The highest BCUT2D eigenvalue weighted by molar-refractivity contribution is 5.78. The molecule has 3 aromatic rings. The number of ether oxygens (including phenoxy) is 1. The first-order valence-corrected chi connectivity index (χ1v) is 9.39. The smallest absolute Gasteiger partial charge is 0.258 e. The van der Waals surface area contributed by atoms with Gasteiger partial charge in [-0.15, -0.1) is 0 Å². The zero-order valence-corrected chi connectivity index (χ0v) is 16.3. The van der Waals surface area contributed by atoms with E-state index in [1.165, 1.54) is 0 Å². The van der Waals surface area contributed by atoms with Crippen LogP contribution in [0, 0.1) is 0 Å². The van der Waals surface area contributed by atoms with Crippen LogP contribution in [0.4, 0.5) is 0 Å². The van der Waals surface area contributed by atoms with Gasteiger partial charge in [-0.1, -0.05) is 72.8 Å². The number of hydrogen-bond donors (Lipinski definition) is 1. The van der Waals surface area contributed by atoms with Crippen molar-refractivity contribution in [1.82, 2.24) is 10.2 Å². The summed E-state index contributed by atoms with van der Waals surface area (Å²) in [4.78, 5) is 14.5. The predicted molar refractivity (Wildman–Crippen MR) is 113 cm³/mol. The molecular weight excluding hydrogens is 348 g/mol. The Labute approximate surface area is 166 Å². The van der Waals surface area contributed by atoms with E-state index < -0.39 is 0 Å². The van der Waals surface area contributed by atoms with Crippen molar-refractivity contribution in [2.24, 2.45) is 0 Å². The Bertz CT molecular complexity index is 862. The molecule has 1 amide bonds. The summed E-state index contributed by atoms with van der Waals surface area (Å²) < 4.78 is 5.67. The summed E-state index contributed by atoms with van der Waals surface area (Å²) in [5.74, 6) is 0.543. The molecule has 1 atom stereocenters. The van der Waals surface area contributed by atoms with E-state index in [9.17, 15) is 4.79 Å². The van der Waals surface area contributed by atoms with Gasteiger partial charge in [0.1, 0.15) is 5.75 Å². The molecule has 0 aliphatic carbocycles. The van der Waals surface area contributed by atoms with Crippen molar-refractivity contribution in [2.45, 2.75) is 6.04 Å². The minimum Gasteiger partial charge on any atom is -0.484 e. The summed E-state index contributed by atoms with van der Waals surface area (Å²) in [5.41, 5.74) is 3.35. The van der Waals surface area contributed by atoms with Gasteiger partial charge in [0.2, 0.25) is 0 Å². The van der Waals surface area contributed by atoms with Crippen molar-refractivity contribution >= 4 is 5.91 Å². The van der Waals surface area contributed by atoms with Gasteiger partial charge in [0, 0.05) is 6.54 Å². The number of nitrogens with one attached hydrogen (secondary N) is 1. The van der Waals surface area contributed by atoms with Gasteiger partial charge in [-0.3, -0.25) is 4.79 Å². The summed E-state index contributed by atoms with van der Waals surface area (Å²) in [5, 5.41) is 3.07. The second-order valence-electron chi connectivity index (χ2n) is 6.97. The minimum absolute atomic E-state index is 0.0125. The molecule has 0 radical (unpaired) electrons. The molecule has 0 bridgehead atoms. The molecule has 28 heavy (non-hydrogen) atoms. The largest absolute Gasteiger partial charge is 0.484 e. The van der Waals surface area contributed by atoms with Crippen molar-refractivity contribution < 1.29 is 9.53 Å². The normalized spacial score (nSPS) is 11.8. The van der Waals surface area contributed by atoms with Crippen molar-refractivity contribution in [3.8, 4) is 16.9 Å². The second-order valence-corrected chi connectivity index (χ2v) is 6.97. The third kappa shape index (κ3) is 5.69. The molecule has 0 aliphatic rings. The van der Waals surface area contributed by atoms with E-state index >= 15 is 0 Å². The van der Waals surface area contributed by atoms with Crippen molar-refractivity contribution in [1.29, 1.82) is 0 Å². The SMILES string of the molecule is CN(C)C[C@H](NC(=O)COc1ccc(-c2ccccc2)cc1)c1ccccc1. The van der Waals surface area contributed by atoms with E-state index in [0.29, 0.717) is 5.75 Å². The topological polar surface area (TPSA) is 41.6 Å². The third-order valence-electron chi connectivity index (χ3n) is 4.42. The molecule has 0 aromatic heterocycles. The fraction of sp³-hybridized carbons (Fsp3) is 0.208. The summed E-state index contributed by atoms with van der Waals surface area (Å²) in [6.45, 7) is 0.711. The Morgan fingerprint density at radius 1 is 0.857 bits per heavy atom. The van der Waals surface area contributed by atoms with Crippen LogP contribution in [-0.4, -0.2) is 38.1 Å². The summed E-state index contributed by atoms with van der Waals surface area (Å²) in [6.07, 6.45) is 0. The molecule has 1 N–H and O–H groups in total. The lowest BCUT2D eigenvalue weighted by Gasteiger charge is -2.23. The number of hydrogen-bond acceptors (Lipinski definition) is 3. The van der Waals surface area contributed by atoms with Crippen molar-refractivity contribution in [3.63, 3.8) is 0 Å². The monoisotopic (exact) mass is 374 g/mol. The van der Waals surface area contributed by atoms with E-state index in [2.05, 4.69) is 22.3 Å². The van der Waals surface area contributed by atoms with Crippen molar-refractivity contribution in [2.75, 3.05) is 27.2 Å². The van der Waals surface area contributed by atoms with E-state index in [-0.39, 0.29) is 18.6 Å². The lowest BCUT2D eigenvalue weighted by atomic mass is 10.1. The van der Waals surface area contributed by atoms with Crippen molar-refractivity contribution in [3.05, 3.63) is 90.5 Å². The molecule has 0 heterocycles. The quantitative estimate of drug-likeness (QED) is 0.644. The van der Waals surface area contributed by atoms with Gasteiger partial charge in [0.25, 0.3) is 5.91 Å². The molecule has 4 nitrogen and oxygen atoms in total. The molecule has 3 rings (SSSR count). The highest BCUT2D eigenvalue weighted by Crippen LogP contribution is 2.22. The molecule has 0 aliphatic heterocycles. The standard InChI is InChI=1S/C24H26N2O2/c1-26(2)17-23(21-11-7-4-8-12-21)25-24(27)18-28-22-15-13-20(14-16-22)19-9-5-3-6-10-19/h3-16,23H,17-18H2,1-2H3,(H,25,27)/t23-/m0/s1. The average Bonchev–Trinajstić information content (AvgIpc) is 2.73. The molecular formula is C24H26N2O2. The van der Waals surface area contributed by atoms with E-state index in [1.54, 1.807) is 0 Å². The molecule has 3 aromatic carbocycles. The fourth-order valence-electron chi connectivity index (χ4n) is 3.04. The summed E-state index contributed by atoms with van der Waals surface area (Å²) in [6, 6.07) is 27.9. The first-order chi connectivity index (χ1) is 13.6. The lowest BCUT2D eigenvalue weighted by molar-refractivity contribution is -0.124. The number of carbonyl (C=O) groups is 1. The zero-order valence-electron chi connectivity index (χ0n) is 16.3. The third-order valence-corrected chi connectivity index (χ3v) is 4.42. The van der Waals surface area contributed by atoms with Gasteiger partial charge in [0.15, 0.2) is 6.61 Å². The van der Waals surface area contributed by atoms with Crippen LogP contribution in [0.5, 0.6) is 5.75 Å².